The summed E-state index contributed by atoms with van der Waals surface area (Å²) in [6.07, 6.45) is 17.7. The molecule has 6 aromatic carbocycles. The summed E-state index contributed by atoms with van der Waals surface area (Å²) < 4.78 is 20.9. The second-order valence-corrected chi connectivity index (χ2v) is 15.6. The minimum Gasteiger partial charge on any atom is -0.309 e. The first-order chi connectivity index (χ1) is 29.1. The predicted molar refractivity (Wildman–Crippen MR) is 249 cm³/mol. The lowest BCUT2D eigenvalue weighted by atomic mass is 10.0. The van der Waals surface area contributed by atoms with Crippen LogP contribution in [0, 0.1) is 11.3 Å². The fourth-order valence-corrected chi connectivity index (χ4v) is 9.67. The van der Waals surface area contributed by atoms with Crippen LogP contribution in [0.3, 0.4) is 0 Å². The number of benzene rings is 6. The topological polar surface area (TPSA) is 55.6 Å². The zero-order chi connectivity index (χ0) is 40.6. The third-order valence-corrected chi connectivity index (χ3v) is 12.5. The van der Waals surface area contributed by atoms with Gasteiger partial charge in [-0.3, -0.25) is 0 Å². The van der Waals surface area contributed by atoms with Gasteiger partial charge in [0.05, 0.1) is 55.7 Å². The molecule has 0 aliphatic heterocycles. The van der Waals surface area contributed by atoms with E-state index in [0.717, 1.165) is 61.8 Å². The normalized spacial score (nSPS) is 13.2. The second-order valence-electron chi connectivity index (χ2n) is 14.1. The van der Waals surface area contributed by atoms with Gasteiger partial charge in [-0.2, -0.15) is 5.26 Å². The van der Waals surface area contributed by atoms with Gasteiger partial charge in [-0.15, -0.1) is 0 Å². The van der Waals surface area contributed by atoms with Crippen LogP contribution in [0.5, 0.6) is 0 Å². The van der Waals surface area contributed by atoms with Gasteiger partial charge >= 0.3 is 0 Å². The average molecular weight is 783 g/mol. The first-order valence-corrected chi connectivity index (χ1v) is 21.2. The van der Waals surface area contributed by atoms with Gasteiger partial charge in [-0.1, -0.05) is 93.3 Å². The van der Waals surface area contributed by atoms with Gasteiger partial charge in [0.25, 0.3) is 0 Å². The quantitative estimate of drug-likeness (QED) is 0.151. The molecule has 1 aliphatic carbocycles. The summed E-state index contributed by atoms with van der Waals surface area (Å²) in [5.74, 6) is 0. The molecular formula is C53H42N4OS. The molecule has 1 unspecified atom stereocenters. The van der Waals surface area contributed by atoms with Crippen molar-refractivity contribution in [3.63, 3.8) is 0 Å². The van der Waals surface area contributed by atoms with E-state index in [1.165, 1.54) is 27.4 Å². The molecule has 0 saturated heterocycles. The molecule has 0 amide bonds. The standard InChI is InChI=1S/C51H36N4OS.C2H6/c1-3-5-14-35(4-2)54-44-20-13-12-17-40(44)41-29-31-47-49(50(41)54)43-30-32-46-48(42-18-10-7-11-19-45(42)53(46)36-15-8-6-9-16-36)51(43)55(47)37-23-27-39(28-24-37)57(56)38-25-21-34(33-52)22-26-38;1-2/h3-17,19-32H,2,18H2,1H3;1-2H3/b5-3-,35-14+;. The van der Waals surface area contributed by atoms with E-state index >= 15 is 0 Å². The minimum atomic E-state index is -1.41. The van der Waals surface area contributed by atoms with Crippen molar-refractivity contribution < 1.29 is 4.21 Å². The van der Waals surface area contributed by atoms with Crippen LogP contribution in [0.25, 0.3) is 77.7 Å². The second kappa shape index (κ2) is 15.6. The zero-order valence-corrected chi connectivity index (χ0v) is 34.1. The highest BCUT2D eigenvalue weighted by molar-refractivity contribution is 7.85. The smallest absolute Gasteiger partial charge is 0.0991 e. The third-order valence-electron chi connectivity index (χ3n) is 11.1. The highest BCUT2D eigenvalue weighted by Gasteiger charge is 2.26. The number of aromatic nitrogens is 3. The monoisotopic (exact) mass is 782 g/mol. The van der Waals surface area contributed by atoms with E-state index in [9.17, 15) is 9.47 Å². The SMILES string of the molecule is C=C/C(=C\C=C/C)n1c2ccccc2c2ccc3c(c4ccc5c(c6c(n5-c5ccccc5)C=CC=CC6)c4n3-c3ccc(S(=O)c4ccc(C#N)cc4)cc3)c21.CC. The molecule has 1 atom stereocenters. The summed E-state index contributed by atoms with van der Waals surface area (Å²) in [5, 5.41) is 15.2. The number of allylic oxidation sites excluding steroid dienone is 8. The molecule has 1 aliphatic rings. The van der Waals surface area contributed by atoms with E-state index in [1.54, 1.807) is 24.3 Å². The molecule has 286 valence electrons. The number of hydrogen-bond acceptors (Lipinski definition) is 2. The van der Waals surface area contributed by atoms with Crippen molar-refractivity contribution in [2.75, 3.05) is 0 Å². The number of rotatable bonds is 7. The van der Waals surface area contributed by atoms with Gasteiger partial charge in [0.1, 0.15) is 0 Å². The van der Waals surface area contributed by atoms with Crippen LogP contribution in [-0.4, -0.2) is 17.9 Å². The Morgan fingerprint density at radius 1 is 0.695 bits per heavy atom. The average Bonchev–Trinajstić information content (AvgIpc) is 3.85. The zero-order valence-electron chi connectivity index (χ0n) is 33.3. The van der Waals surface area contributed by atoms with Gasteiger partial charge in [0.2, 0.25) is 0 Å². The van der Waals surface area contributed by atoms with Crippen molar-refractivity contribution >= 4 is 77.1 Å². The molecule has 5 nitrogen and oxygen atoms in total. The number of nitriles is 1. The number of hydrogen-bond donors (Lipinski definition) is 0. The van der Waals surface area contributed by atoms with Gasteiger partial charge < -0.3 is 13.7 Å². The molecule has 10 rings (SSSR count). The molecule has 0 fully saturated rings. The first-order valence-electron chi connectivity index (χ1n) is 20.0. The molecule has 0 spiro atoms. The Bertz CT molecular complexity index is 3290. The number of para-hydroxylation sites is 2. The minimum absolute atomic E-state index is 0.541. The summed E-state index contributed by atoms with van der Waals surface area (Å²) in [6, 6.07) is 45.5. The highest BCUT2D eigenvalue weighted by atomic mass is 32.2. The molecule has 0 radical (unpaired) electrons. The molecule has 9 aromatic rings. The van der Waals surface area contributed by atoms with Crippen LogP contribution in [0.4, 0.5) is 0 Å². The fourth-order valence-electron chi connectivity index (χ4n) is 8.63. The van der Waals surface area contributed by atoms with Gasteiger partial charge in [-0.05, 0) is 122 Å². The molecule has 0 N–H and O–H groups in total. The van der Waals surface area contributed by atoms with Crippen molar-refractivity contribution in [2.45, 2.75) is 37.0 Å². The Hall–Kier alpha value is -7.20. The van der Waals surface area contributed by atoms with Crippen molar-refractivity contribution in [1.82, 2.24) is 13.7 Å². The molecule has 3 heterocycles. The molecule has 0 bridgehead atoms. The number of nitrogens with zero attached hydrogens (tertiary/aromatic N) is 4. The third kappa shape index (κ3) is 6.02. The lowest BCUT2D eigenvalue weighted by molar-refractivity contribution is 0.683. The van der Waals surface area contributed by atoms with E-state index in [0.29, 0.717) is 15.4 Å². The fraction of sp³-hybridized carbons (Fsp3) is 0.0755. The molecule has 3 aromatic heterocycles. The summed E-state index contributed by atoms with van der Waals surface area (Å²) in [5.41, 5.74) is 11.6. The Morgan fingerprint density at radius 2 is 1.36 bits per heavy atom. The maximum Gasteiger partial charge on any atom is 0.0991 e. The maximum absolute atomic E-state index is 13.8. The van der Waals surface area contributed by atoms with Crippen LogP contribution in [0.15, 0.2) is 186 Å². The van der Waals surface area contributed by atoms with Crippen LogP contribution in [0.1, 0.15) is 37.6 Å². The molecular weight excluding hydrogens is 741 g/mol. The first kappa shape index (κ1) is 37.4. The Balaban J connectivity index is 0.00000221. The molecule has 6 heteroatoms. The lowest BCUT2D eigenvalue weighted by Crippen LogP contribution is -1.98. The Kier molecular flexibility index (Phi) is 9.90. The summed E-state index contributed by atoms with van der Waals surface area (Å²) in [6.45, 7) is 10.3. The highest BCUT2D eigenvalue weighted by Crippen LogP contribution is 2.46. The lowest BCUT2D eigenvalue weighted by Gasteiger charge is -2.12. The van der Waals surface area contributed by atoms with Crippen molar-refractivity contribution in [2.24, 2.45) is 0 Å². The van der Waals surface area contributed by atoms with Crippen molar-refractivity contribution in [1.29, 1.82) is 5.26 Å². The molecule has 59 heavy (non-hydrogen) atoms. The van der Waals surface area contributed by atoms with E-state index < -0.39 is 10.8 Å². The van der Waals surface area contributed by atoms with Gasteiger partial charge in [-0.25, -0.2) is 4.21 Å². The van der Waals surface area contributed by atoms with E-state index in [2.05, 4.69) is 154 Å². The van der Waals surface area contributed by atoms with Crippen LogP contribution < -0.4 is 0 Å². The van der Waals surface area contributed by atoms with Crippen LogP contribution in [-0.2, 0) is 17.2 Å². The Labute approximate surface area is 346 Å². The molecule has 0 saturated carbocycles. The summed E-state index contributed by atoms with van der Waals surface area (Å²) in [4.78, 5) is 1.35. The maximum atomic E-state index is 13.8. The largest absolute Gasteiger partial charge is 0.309 e. The summed E-state index contributed by atoms with van der Waals surface area (Å²) in [7, 11) is -1.41. The van der Waals surface area contributed by atoms with Crippen LogP contribution >= 0.6 is 0 Å². The van der Waals surface area contributed by atoms with Crippen molar-refractivity contribution in [3.8, 4) is 17.4 Å². The van der Waals surface area contributed by atoms with E-state index in [-0.39, 0.29) is 0 Å². The van der Waals surface area contributed by atoms with Gasteiger partial charge in [0.15, 0.2) is 0 Å². The number of fused-ring (bicyclic) bond motifs is 11. The predicted octanol–water partition coefficient (Wildman–Crippen LogP) is 13.6. The summed E-state index contributed by atoms with van der Waals surface area (Å²) >= 11 is 0. The van der Waals surface area contributed by atoms with Gasteiger partial charge in [0, 0.05) is 53.8 Å². The Morgan fingerprint density at radius 3 is 2.07 bits per heavy atom. The van der Waals surface area contributed by atoms with Crippen molar-refractivity contribution in [3.05, 3.63) is 193 Å². The van der Waals surface area contributed by atoms with E-state index in [1.807, 2.05) is 45.1 Å². The van der Waals surface area contributed by atoms with Crippen LogP contribution in [0.2, 0.25) is 0 Å². The van der Waals surface area contributed by atoms with E-state index in [4.69, 9.17) is 0 Å².